The number of hydrogen-bond donors (Lipinski definition) is 1. The van der Waals surface area contributed by atoms with Gasteiger partial charge in [0.25, 0.3) is 5.91 Å². The summed E-state index contributed by atoms with van der Waals surface area (Å²) in [5.74, 6) is -0.278. The summed E-state index contributed by atoms with van der Waals surface area (Å²) in [4.78, 5) is 23.6. The number of nitrogens with one attached hydrogen (secondary N) is 1. The van der Waals surface area contributed by atoms with Crippen molar-refractivity contribution < 1.29 is 23.5 Å². The van der Waals surface area contributed by atoms with E-state index in [1.165, 1.54) is 14.2 Å². The fourth-order valence-electron chi connectivity index (χ4n) is 2.09. The lowest BCUT2D eigenvalue weighted by molar-refractivity contribution is -0.142. The number of benzene rings is 1. The van der Waals surface area contributed by atoms with E-state index in [-0.39, 0.29) is 5.76 Å². The fourth-order valence-corrected chi connectivity index (χ4v) is 2.09. The van der Waals surface area contributed by atoms with Gasteiger partial charge >= 0.3 is 5.97 Å². The van der Waals surface area contributed by atoms with E-state index in [1.54, 1.807) is 19.9 Å². The molecule has 6 nitrogen and oxygen atoms in total. The van der Waals surface area contributed by atoms with Gasteiger partial charge in [-0.15, -0.1) is 0 Å². The molecule has 0 saturated carbocycles. The van der Waals surface area contributed by atoms with Gasteiger partial charge in [0.2, 0.25) is 0 Å². The van der Waals surface area contributed by atoms with Gasteiger partial charge in [0.05, 0.1) is 14.2 Å². The third kappa shape index (κ3) is 2.69. The highest BCUT2D eigenvalue weighted by molar-refractivity contribution is 6.01. The highest BCUT2D eigenvalue weighted by Crippen LogP contribution is 2.32. The van der Waals surface area contributed by atoms with Gasteiger partial charge in [-0.1, -0.05) is 12.1 Å². The fraction of sp³-hybridized carbons (Fsp3) is 0.333. The molecule has 0 unspecified atom stereocenters. The Hall–Kier alpha value is -2.50. The number of esters is 1. The van der Waals surface area contributed by atoms with Crippen LogP contribution in [0.1, 0.15) is 23.0 Å². The maximum absolute atomic E-state index is 12.2. The molecule has 21 heavy (non-hydrogen) atoms. The molecule has 0 aliphatic heterocycles. The first-order valence-corrected chi connectivity index (χ1v) is 6.44. The van der Waals surface area contributed by atoms with Crippen LogP contribution in [0.3, 0.4) is 0 Å². The second-order valence-electron chi connectivity index (χ2n) is 4.61. The number of hydrogen-bond acceptors (Lipinski definition) is 5. The van der Waals surface area contributed by atoms with E-state index in [0.717, 1.165) is 5.39 Å². The molecule has 2 rings (SSSR count). The molecule has 0 bridgehead atoms. The van der Waals surface area contributed by atoms with Crippen LogP contribution in [-0.2, 0) is 9.53 Å². The molecule has 1 aromatic heterocycles. The van der Waals surface area contributed by atoms with Gasteiger partial charge in [-0.2, -0.15) is 0 Å². The van der Waals surface area contributed by atoms with Gasteiger partial charge < -0.3 is 19.2 Å². The number of carbonyl (C=O) groups is 2. The molecule has 1 N–H and O–H groups in total. The number of rotatable bonds is 4. The Morgan fingerprint density at radius 3 is 2.62 bits per heavy atom. The van der Waals surface area contributed by atoms with E-state index in [1.807, 2.05) is 12.1 Å². The molecular formula is C15H17NO5. The van der Waals surface area contributed by atoms with Crippen LogP contribution in [0.4, 0.5) is 0 Å². The van der Waals surface area contributed by atoms with E-state index in [2.05, 4.69) is 10.1 Å². The second-order valence-corrected chi connectivity index (χ2v) is 4.61. The van der Waals surface area contributed by atoms with Crippen LogP contribution in [0.2, 0.25) is 0 Å². The summed E-state index contributed by atoms with van der Waals surface area (Å²) in [6, 6.07) is 4.67. The Bertz CT molecular complexity index is 689. The first kappa shape index (κ1) is 14.9. The summed E-state index contributed by atoms with van der Waals surface area (Å²) >= 11 is 0. The normalized spacial score (nSPS) is 12.0. The maximum atomic E-state index is 12.2. The van der Waals surface area contributed by atoms with Crippen molar-refractivity contribution in [1.29, 1.82) is 0 Å². The minimum atomic E-state index is -0.753. The van der Waals surface area contributed by atoms with Gasteiger partial charge in [-0.25, -0.2) is 4.79 Å². The average molecular weight is 291 g/mol. The van der Waals surface area contributed by atoms with Crippen molar-refractivity contribution in [2.24, 2.45) is 0 Å². The lowest BCUT2D eigenvalue weighted by Gasteiger charge is -2.10. The lowest BCUT2D eigenvalue weighted by Crippen LogP contribution is -2.39. The lowest BCUT2D eigenvalue weighted by atomic mass is 10.1. The smallest absolute Gasteiger partial charge is 0.328 e. The van der Waals surface area contributed by atoms with Gasteiger partial charge in [0.1, 0.15) is 6.04 Å². The molecule has 0 aliphatic carbocycles. The molecule has 1 heterocycles. The third-order valence-electron chi connectivity index (χ3n) is 3.26. The molecule has 1 amide bonds. The zero-order chi connectivity index (χ0) is 15.6. The van der Waals surface area contributed by atoms with Crippen molar-refractivity contribution in [3.63, 3.8) is 0 Å². The average Bonchev–Trinajstić information content (AvgIpc) is 2.83. The topological polar surface area (TPSA) is 77.8 Å². The summed E-state index contributed by atoms with van der Waals surface area (Å²) in [6.45, 7) is 3.32. The quantitative estimate of drug-likeness (QED) is 0.872. The molecule has 1 atom stereocenters. The third-order valence-corrected chi connectivity index (χ3v) is 3.26. The standard InChI is InChI=1S/C15H17NO5/c1-8-10-6-5-7-11(19-3)13(10)21-12(8)14(17)16-9(2)15(18)20-4/h5-7,9H,1-4H3,(H,16,17)/t9-/m0/s1. The van der Waals surface area contributed by atoms with Gasteiger partial charge in [-0.05, 0) is 19.9 Å². The van der Waals surface area contributed by atoms with Crippen molar-refractivity contribution >= 4 is 22.8 Å². The molecule has 0 radical (unpaired) electrons. The van der Waals surface area contributed by atoms with Crippen LogP contribution >= 0.6 is 0 Å². The number of ether oxygens (including phenoxy) is 2. The summed E-state index contributed by atoms with van der Waals surface area (Å²) < 4.78 is 15.4. The maximum Gasteiger partial charge on any atom is 0.328 e. The zero-order valence-corrected chi connectivity index (χ0v) is 12.4. The predicted molar refractivity (Wildman–Crippen MR) is 76.4 cm³/mol. The van der Waals surface area contributed by atoms with Crippen LogP contribution in [0.25, 0.3) is 11.0 Å². The SMILES string of the molecule is COC(=O)[C@H](C)NC(=O)c1oc2c(OC)cccc2c1C. The Morgan fingerprint density at radius 1 is 1.29 bits per heavy atom. The monoisotopic (exact) mass is 291 g/mol. The molecule has 1 aromatic carbocycles. The Balaban J connectivity index is 2.36. The van der Waals surface area contributed by atoms with Crippen LogP contribution in [-0.4, -0.2) is 32.1 Å². The molecule has 112 valence electrons. The molecule has 2 aromatic rings. The Morgan fingerprint density at radius 2 is 2.00 bits per heavy atom. The molecule has 0 spiro atoms. The van der Waals surface area contributed by atoms with E-state index in [0.29, 0.717) is 16.9 Å². The first-order chi connectivity index (χ1) is 9.99. The van der Waals surface area contributed by atoms with Gasteiger partial charge in [0, 0.05) is 10.9 Å². The van der Waals surface area contributed by atoms with Crippen molar-refractivity contribution in [1.82, 2.24) is 5.32 Å². The number of para-hydroxylation sites is 1. The molecule has 6 heteroatoms. The highest BCUT2D eigenvalue weighted by atomic mass is 16.5. The summed E-state index contributed by atoms with van der Waals surface area (Å²) in [6.07, 6.45) is 0. The van der Waals surface area contributed by atoms with Crippen LogP contribution in [0.15, 0.2) is 22.6 Å². The first-order valence-electron chi connectivity index (χ1n) is 6.44. The van der Waals surface area contributed by atoms with Crippen molar-refractivity contribution in [2.45, 2.75) is 19.9 Å². The van der Waals surface area contributed by atoms with Gasteiger partial charge in [0.15, 0.2) is 17.1 Å². The number of fused-ring (bicyclic) bond motifs is 1. The zero-order valence-electron chi connectivity index (χ0n) is 12.4. The van der Waals surface area contributed by atoms with Crippen molar-refractivity contribution in [2.75, 3.05) is 14.2 Å². The number of methoxy groups -OCH3 is 2. The summed E-state index contributed by atoms with van der Waals surface area (Å²) in [5.41, 5.74) is 1.20. The van der Waals surface area contributed by atoms with E-state index >= 15 is 0 Å². The minimum Gasteiger partial charge on any atom is -0.493 e. The van der Waals surface area contributed by atoms with E-state index < -0.39 is 17.9 Å². The van der Waals surface area contributed by atoms with E-state index in [4.69, 9.17) is 9.15 Å². The highest BCUT2D eigenvalue weighted by Gasteiger charge is 2.23. The van der Waals surface area contributed by atoms with Gasteiger partial charge in [-0.3, -0.25) is 4.79 Å². The molecule has 0 fully saturated rings. The largest absolute Gasteiger partial charge is 0.493 e. The van der Waals surface area contributed by atoms with Crippen molar-refractivity contribution in [3.05, 3.63) is 29.5 Å². The molecule has 0 aliphatic rings. The minimum absolute atomic E-state index is 0.158. The van der Waals surface area contributed by atoms with Crippen LogP contribution in [0.5, 0.6) is 5.75 Å². The predicted octanol–water partition coefficient (Wildman–Crippen LogP) is 2.04. The van der Waals surface area contributed by atoms with Crippen LogP contribution < -0.4 is 10.1 Å². The molecule has 0 saturated heterocycles. The van der Waals surface area contributed by atoms with Crippen LogP contribution in [0, 0.1) is 6.92 Å². The Kier molecular flexibility index (Phi) is 4.16. The number of furan rings is 1. The Labute approximate surface area is 122 Å². The summed E-state index contributed by atoms with van der Waals surface area (Å²) in [5, 5.41) is 3.33. The number of amides is 1. The summed E-state index contributed by atoms with van der Waals surface area (Å²) in [7, 11) is 2.80. The van der Waals surface area contributed by atoms with Crippen molar-refractivity contribution in [3.8, 4) is 5.75 Å². The molecular weight excluding hydrogens is 274 g/mol. The number of aryl methyl sites for hydroxylation is 1. The van der Waals surface area contributed by atoms with E-state index in [9.17, 15) is 9.59 Å². The second kappa shape index (κ2) is 5.87. The number of carbonyl (C=O) groups excluding carboxylic acids is 2.